The number of thiazole rings is 2. The number of amides is 1. The number of hydrogen-bond donors (Lipinski definition) is 1. The summed E-state index contributed by atoms with van der Waals surface area (Å²) >= 11 is 2.59. The van der Waals surface area contributed by atoms with Gasteiger partial charge in [-0.2, -0.15) is 0 Å². The maximum atomic E-state index is 13.2. The first-order valence-corrected chi connectivity index (χ1v) is 10.9. The number of carbonyl (C=O) groups excluding carboxylic acids is 1. The van der Waals surface area contributed by atoms with Crippen LogP contribution in [0.1, 0.15) is 15.4 Å². The summed E-state index contributed by atoms with van der Waals surface area (Å²) in [5.74, 6) is 0.639. The van der Waals surface area contributed by atoms with E-state index in [0.717, 1.165) is 11.1 Å². The van der Waals surface area contributed by atoms with Crippen LogP contribution in [0.4, 0.5) is 9.52 Å². The fourth-order valence-corrected chi connectivity index (χ4v) is 4.62. The Morgan fingerprint density at radius 2 is 1.71 bits per heavy atom. The Bertz CT molecular complexity index is 1240. The quantitative estimate of drug-likeness (QED) is 0.407. The van der Waals surface area contributed by atoms with E-state index in [1.54, 1.807) is 33.3 Å². The minimum atomic E-state index is -0.316. The zero-order valence-electron chi connectivity index (χ0n) is 16.9. The van der Waals surface area contributed by atoms with E-state index in [2.05, 4.69) is 15.3 Å². The molecule has 0 atom stereocenters. The van der Waals surface area contributed by atoms with Crippen LogP contribution < -0.4 is 14.8 Å². The van der Waals surface area contributed by atoms with Crippen molar-refractivity contribution in [2.45, 2.75) is 6.92 Å². The van der Waals surface area contributed by atoms with Gasteiger partial charge in [0.2, 0.25) is 0 Å². The molecule has 0 unspecified atom stereocenters. The molecule has 31 heavy (non-hydrogen) atoms. The lowest BCUT2D eigenvalue weighted by molar-refractivity contribution is 0.103. The number of benzene rings is 2. The molecule has 2 aromatic carbocycles. The maximum absolute atomic E-state index is 13.2. The molecular formula is C22H18FN3O3S2. The van der Waals surface area contributed by atoms with Gasteiger partial charge < -0.3 is 9.47 Å². The van der Waals surface area contributed by atoms with Gasteiger partial charge in [-0.1, -0.05) is 0 Å². The Balaban J connectivity index is 1.53. The van der Waals surface area contributed by atoms with E-state index in [1.807, 2.05) is 23.6 Å². The normalized spacial score (nSPS) is 10.7. The number of hydrogen-bond acceptors (Lipinski definition) is 7. The predicted octanol–water partition coefficient (Wildman–Crippen LogP) is 5.65. The van der Waals surface area contributed by atoms with Crippen molar-refractivity contribution >= 4 is 33.7 Å². The molecular weight excluding hydrogens is 437 g/mol. The second-order valence-corrected chi connectivity index (χ2v) is 8.36. The highest BCUT2D eigenvalue weighted by Crippen LogP contribution is 2.34. The third-order valence-corrected chi connectivity index (χ3v) is 6.46. The molecule has 2 aromatic heterocycles. The molecule has 4 aromatic rings. The molecule has 0 aliphatic heterocycles. The molecule has 1 N–H and O–H groups in total. The molecule has 0 spiro atoms. The Labute approximate surface area is 186 Å². The van der Waals surface area contributed by atoms with Crippen molar-refractivity contribution in [1.29, 1.82) is 0 Å². The van der Waals surface area contributed by atoms with Crippen LogP contribution in [-0.4, -0.2) is 30.1 Å². The zero-order valence-corrected chi connectivity index (χ0v) is 18.6. The molecule has 158 valence electrons. The van der Waals surface area contributed by atoms with Crippen LogP contribution in [0, 0.1) is 12.7 Å². The molecule has 0 bridgehead atoms. The molecule has 0 radical (unpaired) electrons. The number of nitrogens with zero attached hydrogens (tertiary/aromatic N) is 2. The van der Waals surface area contributed by atoms with Crippen molar-refractivity contribution in [3.05, 3.63) is 64.2 Å². The first-order chi connectivity index (χ1) is 15.0. The summed E-state index contributed by atoms with van der Waals surface area (Å²) in [6, 6.07) is 11.6. The van der Waals surface area contributed by atoms with Crippen LogP contribution in [0.15, 0.2) is 47.8 Å². The van der Waals surface area contributed by atoms with Gasteiger partial charge in [0.05, 0.1) is 25.6 Å². The van der Waals surface area contributed by atoms with E-state index in [9.17, 15) is 9.18 Å². The average molecular weight is 456 g/mol. The second-order valence-electron chi connectivity index (χ2n) is 6.50. The van der Waals surface area contributed by atoms with Crippen LogP contribution in [0.2, 0.25) is 0 Å². The first-order valence-electron chi connectivity index (χ1n) is 9.21. The lowest BCUT2D eigenvalue weighted by atomic mass is 10.1. The number of methoxy groups -OCH3 is 2. The Kier molecular flexibility index (Phi) is 5.97. The number of aromatic nitrogens is 2. The molecule has 9 heteroatoms. The van der Waals surface area contributed by atoms with Gasteiger partial charge in [0, 0.05) is 16.5 Å². The van der Waals surface area contributed by atoms with E-state index >= 15 is 0 Å². The molecule has 2 heterocycles. The third-order valence-electron chi connectivity index (χ3n) is 4.50. The van der Waals surface area contributed by atoms with Crippen LogP contribution in [0.5, 0.6) is 11.5 Å². The fraction of sp³-hybridized carbons (Fsp3) is 0.136. The summed E-state index contributed by atoms with van der Waals surface area (Å²) in [7, 11) is 3.16. The fourth-order valence-electron chi connectivity index (χ4n) is 2.94. The summed E-state index contributed by atoms with van der Waals surface area (Å²) < 4.78 is 23.8. The standard InChI is InChI=1S/C22H18FN3O3S2/c1-12-19(31-21(24-12)13-4-7-15(23)8-5-13)20(27)26-22-25-16(11-30-22)14-6-9-17(28-2)18(10-14)29-3/h4-11H,1-3H3,(H,25,26,27). The summed E-state index contributed by atoms with van der Waals surface area (Å²) in [6.45, 7) is 1.77. The van der Waals surface area contributed by atoms with Gasteiger partial charge in [-0.05, 0) is 49.4 Å². The summed E-state index contributed by atoms with van der Waals surface area (Å²) in [6.07, 6.45) is 0. The SMILES string of the molecule is COc1ccc(-c2csc(NC(=O)c3sc(-c4ccc(F)cc4)nc3C)n2)cc1OC. The van der Waals surface area contributed by atoms with E-state index in [4.69, 9.17) is 9.47 Å². The third kappa shape index (κ3) is 4.42. The first kappa shape index (κ1) is 21.0. The number of nitrogens with one attached hydrogen (secondary N) is 1. The Morgan fingerprint density at radius 3 is 2.42 bits per heavy atom. The molecule has 0 aliphatic rings. The summed E-state index contributed by atoms with van der Waals surface area (Å²) in [5.41, 5.74) is 2.94. The molecule has 1 amide bonds. The van der Waals surface area contributed by atoms with Crippen molar-refractivity contribution in [1.82, 2.24) is 9.97 Å². The monoisotopic (exact) mass is 455 g/mol. The lowest BCUT2D eigenvalue weighted by Crippen LogP contribution is -2.11. The van der Waals surface area contributed by atoms with Crippen molar-refractivity contribution in [2.24, 2.45) is 0 Å². The highest BCUT2D eigenvalue weighted by molar-refractivity contribution is 7.17. The van der Waals surface area contributed by atoms with Crippen molar-refractivity contribution in [3.8, 4) is 33.3 Å². The number of rotatable bonds is 6. The van der Waals surface area contributed by atoms with E-state index in [0.29, 0.717) is 37.9 Å². The topological polar surface area (TPSA) is 73.3 Å². The highest BCUT2D eigenvalue weighted by atomic mass is 32.1. The van der Waals surface area contributed by atoms with Crippen molar-refractivity contribution < 1.29 is 18.7 Å². The zero-order chi connectivity index (χ0) is 22.0. The summed E-state index contributed by atoms with van der Waals surface area (Å²) in [5, 5.41) is 5.84. The maximum Gasteiger partial charge on any atom is 0.269 e. The number of carbonyl (C=O) groups is 1. The van der Waals surface area contributed by atoms with Crippen LogP contribution in [0.3, 0.4) is 0 Å². The predicted molar refractivity (Wildman–Crippen MR) is 121 cm³/mol. The summed E-state index contributed by atoms with van der Waals surface area (Å²) in [4.78, 5) is 22.2. The second kappa shape index (κ2) is 8.83. The molecule has 6 nitrogen and oxygen atoms in total. The largest absolute Gasteiger partial charge is 0.493 e. The number of anilines is 1. The Hall–Kier alpha value is -3.30. The van der Waals surface area contributed by atoms with Gasteiger partial charge >= 0.3 is 0 Å². The average Bonchev–Trinajstić information content (AvgIpc) is 3.40. The van der Waals surface area contributed by atoms with Gasteiger partial charge in [-0.25, -0.2) is 14.4 Å². The number of ether oxygens (including phenoxy) is 2. The smallest absolute Gasteiger partial charge is 0.269 e. The van der Waals surface area contributed by atoms with Gasteiger partial charge in [0.1, 0.15) is 15.7 Å². The molecule has 0 fully saturated rings. The van der Waals surface area contributed by atoms with Crippen molar-refractivity contribution in [3.63, 3.8) is 0 Å². The van der Waals surface area contributed by atoms with Gasteiger partial charge in [0.15, 0.2) is 16.6 Å². The van der Waals surface area contributed by atoms with Crippen LogP contribution in [-0.2, 0) is 0 Å². The lowest BCUT2D eigenvalue weighted by Gasteiger charge is -2.08. The Morgan fingerprint density at radius 1 is 1.00 bits per heavy atom. The minimum Gasteiger partial charge on any atom is -0.493 e. The van der Waals surface area contributed by atoms with E-state index in [1.165, 1.54) is 34.8 Å². The van der Waals surface area contributed by atoms with Crippen LogP contribution in [0.25, 0.3) is 21.8 Å². The highest BCUT2D eigenvalue weighted by Gasteiger charge is 2.18. The molecule has 0 saturated heterocycles. The van der Waals surface area contributed by atoms with Gasteiger partial charge in [-0.15, -0.1) is 22.7 Å². The number of halogens is 1. The van der Waals surface area contributed by atoms with E-state index in [-0.39, 0.29) is 11.7 Å². The van der Waals surface area contributed by atoms with Crippen LogP contribution >= 0.6 is 22.7 Å². The van der Waals surface area contributed by atoms with E-state index < -0.39 is 0 Å². The molecule has 0 saturated carbocycles. The van der Waals surface area contributed by atoms with Gasteiger partial charge in [0.25, 0.3) is 5.91 Å². The molecule has 4 rings (SSSR count). The van der Waals surface area contributed by atoms with Crippen molar-refractivity contribution in [2.75, 3.05) is 19.5 Å². The minimum absolute atomic E-state index is 0.281. The van der Waals surface area contributed by atoms with Gasteiger partial charge in [-0.3, -0.25) is 10.1 Å². The molecule has 0 aliphatic carbocycles. The number of aryl methyl sites for hydroxylation is 1.